The first-order chi connectivity index (χ1) is 18.1. The van der Waals surface area contributed by atoms with E-state index in [4.69, 9.17) is 0 Å². The molecule has 1 atom stereocenters. The number of benzene rings is 2. The molecule has 0 amide bonds. The smallest absolute Gasteiger partial charge is 0.126 e. The van der Waals surface area contributed by atoms with Gasteiger partial charge in [-0.1, -0.05) is 107 Å². The average Bonchev–Trinajstić information content (AvgIpc) is 3.32. The average molecular weight is 517 g/mol. The highest BCUT2D eigenvalue weighted by molar-refractivity contribution is 5.72. The largest absolute Gasteiger partial charge is 0.362 e. The monoisotopic (exact) mass is 516 g/mol. The molecule has 2 aromatic carbocycles. The van der Waals surface area contributed by atoms with Crippen LogP contribution in [0.25, 0.3) is 12.3 Å². The van der Waals surface area contributed by atoms with E-state index in [0.29, 0.717) is 5.92 Å². The summed E-state index contributed by atoms with van der Waals surface area (Å²) in [5.41, 5.74) is 5.33. The van der Waals surface area contributed by atoms with Crippen LogP contribution in [0, 0.1) is 6.92 Å². The van der Waals surface area contributed by atoms with Crippen molar-refractivity contribution < 1.29 is 4.79 Å². The van der Waals surface area contributed by atoms with Gasteiger partial charge in [-0.2, -0.15) is 0 Å². The minimum absolute atomic E-state index is 0.167. The zero-order valence-electron chi connectivity index (χ0n) is 25.5. The quantitative estimate of drug-likeness (QED) is 0.314. The van der Waals surface area contributed by atoms with E-state index < -0.39 is 0 Å². The summed E-state index contributed by atoms with van der Waals surface area (Å²) in [7, 11) is 0. The Labute approximate surface area is 232 Å². The summed E-state index contributed by atoms with van der Waals surface area (Å²) in [4.78, 5) is 16.6. The van der Waals surface area contributed by atoms with Crippen molar-refractivity contribution >= 4 is 24.3 Å². The first-order valence-corrected chi connectivity index (χ1v) is 14.0. The number of aromatic nitrogens is 1. The van der Waals surface area contributed by atoms with Gasteiger partial charge in [0.2, 0.25) is 0 Å². The number of rotatable bonds is 7. The Hall–Kier alpha value is -3.20. The SMILES string of the molecule is C=c1[nH]cc/c1=C(\C)N=CC.CC(C)=O.CC(C)c1ccccc1.CCCCC(CC)c1cccc(C)c1. The van der Waals surface area contributed by atoms with Gasteiger partial charge in [0.15, 0.2) is 0 Å². The van der Waals surface area contributed by atoms with Gasteiger partial charge in [-0.05, 0) is 76.5 Å². The third-order valence-electron chi connectivity index (χ3n) is 5.92. The molecule has 0 aliphatic carbocycles. The normalized spacial score (nSPS) is 11.8. The molecule has 3 heteroatoms. The third kappa shape index (κ3) is 15.8. The molecule has 3 rings (SSSR count). The van der Waals surface area contributed by atoms with Gasteiger partial charge in [0.25, 0.3) is 0 Å². The molecule has 3 nitrogen and oxygen atoms in total. The number of Topliss-reactive ketones (excluding diaryl/α,β-unsaturated/α-hetero) is 1. The van der Waals surface area contributed by atoms with Crippen LogP contribution in [0.3, 0.4) is 0 Å². The van der Waals surface area contributed by atoms with Crippen LogP contribution >= 0.6 is 0 Å². The number of unbranched alkanes of at least 4 members (excludes halogenated alkanes) is 1. The molecule has 0 saturated carbocycles. The molecule has 1 unspecified atom stereocenters. The van der Waals surface area contributed by atoms with Gasteiger partial charge < -0.3 is 9.78 Å². The molecular formula is C35H52N2O. The minimum atomic E-state index is 0.167. The lowest BCUT2D eigenvalue weighted by Crippen LogP contribution is -2.21. The lowest BCUT2D eigenvalue weighted by molar-refractivity contribution is -0.114. The van der Waals surface area contributed by atoms with Crippen molar-refractivity contribution in [1.82, 2.24) is 4.98 Å². The van der Waals surface area contributed by atoms with Gasteiger partial charge >= 0.3 is 0 Å². The van der Waals surface area contributed by atoms with Crippen molar-refractivity contribution in [3.63, 3.8) is 0 Å². The van der Waals surface area contributed by atoms with Crippen LogP contribution in [0.1, 0.15) is 110 Å². The lowest BCUT2D eigenvalue weighted by atomic mass is 9.90. The van der Waals surface area contributed by atoms with Gasteiger partial charge in [-0.15, -0.1) is 0 Å². The number of nitrogens with zero attached hydrogens (tertiary/aromatic N) is 1. The van der Waals surface area contributed by atoms with Crippen molar-refractivity contribution in [1.29, 1.82) is 0 Å². The van der Waals surface area contributed by atoms with Crippen LogP contribution in [-0.4, -0.2) is 17.0 Å². The third-order valence-corrected chi connectivity index (χ3v) is 5.92. The fourth-order valence-electron chi connectivity index (χ4n) is 3.83. The maximum Gasteiger partial charge on any atom is 0.126 e. The maximum atomic E-state index is 9.44. The predicted molar refractivity (Wildman–Crippen MR) is 169 cm³/mol. The number of hydrogen-bond acceptors (Lipinski definition) is 2. The highest BCUT2D eigenvalue weighted by atomic mass is 16.1. The molecule has 3 aromatic rings. The summed E-state index contributed by atoms with van der Waals surface area (Å²) in [5.74, 6) is 1.60. The van der Waals surface area contributed by atoms with Gasteiger partial charge in [-0.3, -0.25) is 4.99 Å². The van der Waals surface area contributed by atoms with Crippen LogP contribution in [0.15, 0.2) is 71.9 Å². The lowest BCUT2D eigenvalue weighted by Gasteiger charge is -2.15. The number of carbonyl (C=O) groups is 1. The molecule has 0 aliphatic rings. The standard InChI is InChI=1S/C14H22.C9H12N2.C9H12.C3H6O/c1-4-6-9-13(5-2)14-10-7-8-12(3)11-14;1-4-10-7(2)9-5-6-11-8(9)3;1-8(2)9-6-4-3-5-7-9;1-3(2)4/h7-8,10-11,13H,4-6,9H2,1-3H3;4-6,11H,3H2,1-2H3;3-8H,1-2H3;1-2H3/b;9-7-,10-4?;;. The van der Waals surface area contributed by atoms with Crippen molar-refractivity contribution in [2.24, 2.45) is 4.99 Å². The summed E-state index contributed by atoms with van der Waals surface area (Å²) >= 11 is 0. The number of carbonyl (C=O) groups excluding carboxylic acids is 1. The Bertz CT molecular complexity index is 1150. The Balaban J connectivity index is 0.000000514. The summed E-state index contributed by atoms with van der Waals surface area (Å²) in [6.45, 7) is 21.9. The predicted octanol–water partition coefficient (Wildman–Crippen LogP) is 8.73. The zero-order valence-corrected chi connectivity index (χ0v) is 25.5. The van der Waals surface area contributed by atoms with E-state index in [-0.39, 0.29) is 5.78 Å². The molecular weight excluding hydrogens is 464 g/mol. The number of aryl methyl sites for hydroxylation is 1. The Kier molecular flexibility index (Phi) is 19.1. The number of ketones is 1. The molecule has 1 N–H and O–H groups in total. The molecule has 1 heterocycles. The zero-order chi connectivity index (χ0) is 28.9. The van der Waals surface area contributed by atoms with Crippen LogP contribution in [0.4, 0.5) is 0 Å². The van der Waals surface area contributed by atoms with E-state index in [0.717, 1.165) is 22.2 Å². The summed E-state index contributed by atoms with van der Waals surface area (Å²) in [6.07, 6.45) is 8.92. The molecule has 208 valence electrons. The molecule has 0 aliphatic heterocycles. The second kappa shape index (κ2) is 20.8. The van der Waals surface area contributed by atoms with E-state index in [2.05, 4.69) is 99.7 Å². The van der Waals surface area contributed by atoms with Gasteiger partial charge in [-0.25, -0.2) is 0 Å². The number of aliphatic imine (C=N–C) groups is 1. The molecule has 0 spiro atoms. The van der Waals surface area contributed by atoms with Crippen molar-refractivity contribution in [3.8, 4) is 0 Å². The Morgan fingerprint density at radius 3 is 2.00 bits per heavy atom. The van der Waals surface area contributed by atoms with Crippen molar-refractivity contribution in [2.45, 2.75) is 99.8 Å². The highest BCUT2D eigenvalue weighted by Crippen LogP contribution is 2.25. The van der Waals surface area contributed by atoms with E-state index in [9.17, 15) is 4.79 Å². The molecule has 0 bridgehead atoms. The molecule has 1 aromatic heterocycles. The second-order valence-electron chi connectivity index (χ2n) is 9.98. The Morgan fingerprint density at radius 2 is 1.58 bits per heavy atom. The van der Waals surface area contributed by atoms with E-state index >= 15 is 0 Å². The van der Waals surface area contributed by atoms with E-state index in [1.54, 1.807) is 6.21 Å². The van der Waals surface area contributed by atoms with E-state index in [1.807, 2.05) is 32.2 Å². The van der Waals surface area contributed by atoms with Gasteiger partial charge in [0.1, 0.15) is 5.78 Å². The first-order valence-electron chi connectivity index (χ1n) is 14.0. The number of aromatic amines is 1. The highest BCUT2D eigenvalue weighted by Gasteiger charge is 2.08. The molecule has 0 fully saturated rings. The second-order valence-corrected chi connectivity index (χ2v) is 9.98. The Morgan fingerprint density at radius 1 is 0.974 bits per heavy atom. The van der Waals surface area contributed by atoms with Gasteiger partial charge in [0.05, 0.1) is 0 Å². The first kappa shape index (κ1) is 34.8. The number of hydrogen-bond donors (Lipinski definition) is 1. The van der Waals surface area contributed by atoms with Crippen LogP contribution < -0.4 is 10.6 Å². The number of nitrogens with one attached hydrogen (secondary N) is 1. The minimum Gasteiger partial charge on any atom is -0.362 e. The summed E-state index contributed by atoms with van der Waals surface area (Å²) in [5, 5.41) is 2.01. The van der Waals surface area contributed by atoms with Crippen LogP contribution in [0.5, 0.6) is 0 Å². The molecule has 38 heavy (non-hydrogen) atoms. The van der Waals surface area contributed by atoms with Crippen LogP contribution in [0.2, 0.25) is 0 Å². The van der Waals surface area contributed by atoms with Crippen molar-refractivity contribution in [2.75, 3.05) is 0 Å². The topological polar surface area (TPSA) is 45.2 Å². The van der Waals surface area contributed by atoms with Crippen molar-refractivity contribution in [3.05, 3.63) is 94.1 Å². The fourth-order valence-corrected chi connectivity index (χ4v) is 3.83. The maximum absolute atomic E-state index is 9.44. The van der Waals surface area contributed by atoms with Crippen LogP contribution in [-0.2, 0) is 4.79 Å². The summed E-state index contributed by atoms with van der Waals surface area (Å²) in [6, 6.07) is 21.5. The van der Waals surface area contributed by atoms with E-state index in [1.165, 1.54) is 56.2 Å². The fraction of sp³-hybridized carbons (Fsp3) is 0.429. The molecule has 0 saturated heterocycles. The molecule has 0 radical (unpaired) electrons. The van der Waals surface area contributed by atoms with Gasteiger partial charge in [0, 0.05) is 28.7 Å². The number of H-pyrrole nitrogens is 1. The summed E-state index contributed by atoms with van der Waals surface area (Å²) < 4.78 is 0.